The minimum Gasteiger partial charge on any atom is -0.325 e. The van der Waals surface area contributed by atoms with Gasteiger partial charge in [-0.05, 0) is 61.8 Å². The first-order chi connectivity index (χ1) is 10.3. The normalized spacial score (nSPS) is 28.7. The minimum absolute atomic E-state index is 0.0287. The highest BCUT2D eigenvalue weighted by Crippen LogP contribution is 2.65. The predicted molar refractivity (Wildman–Crippen MR) is 87.8 cm³/mol. The molecule has 1 aromatic carbocycles. The van der Waals surface area contributed by atoms with Crippen LogP contribution < -0.4 is 5.32 Å². The van der Waals surface area contributed by atoms with Gasteiger partial charge in [0.15, 0.2) is 5.78 Å². The summed E-state index contributed by atoms with van der Waals surface area (Å²) in [5.41, 5.74) is 2.12. The van der Waals surface area contributed by atoms with Crippen molar-refractivity contribution in [3.8, 4) is 0 Å². The zero-order chi connectivity index (χ0) is 16.1. The van der Waals surface area contributed by atoms with E-state index in [1.165, 1.54) is 6.92 Å². The van der Waals surface area contributed by atoms with Crippen LogP contribution in [-0.2, 0) is 4.79 Å². The summed E-state index contributed by atoms with van der Waals surface area (Å²) in [7, 11) is 0. The highest BCUT2D eigenvalue weighted by Gasteiger charge is 2.60. The fourth-order valence-corrected chi connectivity index (χ4v) is 4.18. The Morgan fingerprint density at radius 3 is 2.36 bits per heavy atom. The van der Waals surface area contributed by atoms with Gasteiger partial charge in [0.25, 0.3) is 0 Å². The average molecular weight is 297 g/mol. The molecule has 3 nitrogen and oxygen atoms in total. The smallest absolute Gasteiger partial charge is 0.234 e. The molecule has 116 valence electrons. The fraction of sp³-hybridized carbons (Fsp3) is 0.474. The maximum atomic E-state index is 12.9. The lowest BCUT2D eigenvalue weighted by Crippen LogP contribution is -2.37. The van der Waals surface area contributed by atoms with Gasteiger partial charge < -0.3 is 5.32 Å². The highest BCUT2D eigenvalue weighted by atomic mass is 16.2. The summed E-state index contributed by atoms with van der Waals surface area (Å²) in [6.07, 6.45) is 2.91. The summed E-state index contributed by atoms with van der Waals surface area (Å²) in [4.78, 5) is 24.2. The number of hydrogen-bond donors (Lipinski definition) is 1. The van der Waals surface area contributed by atoms with Crippen LogP contribution in [0.1, 0.15) is 50.4 Å². The van der Waals surface area contributed by atoms with E-state index >= 15 is 0 Å². The molecule has 2 atom stereocenters. The topological polar surface area (TPSA) is 46.2 Å². The Morgan fingerprint density at radius 1 is 1.23 bits per heavy atom. The molecule has 0 aliphatic heterocycles. The molecule has 0 saturated heterocycles. The number of amides is 1. The molecule has 2 fully saturated rings. The van der Waals surface area contributed by atoms with Crippen LogP contribution in [0.25, 0.3) is 0 Å². The summed E-state index contributed by atoms with van der Waals surface area (Å²) < 4.78 is 0. The van der Waals surface area contributed by atoms with Crippen molar-refractivity contribution in [2.75, 3.05) is 5.32 Å². The molecule has 2 bridgehead atoms. The molecule has 2 unspecified atom stereocenters. The molecule has 3 heteroatoms. The first-order valence-electron chi connectivity index (χ1n) is 7.90. The number of hydrogen-bond acceptors (Lipinski definition) is 2. The second-order valence-electron chi connectivity index (χ2n) is 7.31. The third kappa shape index (κ3) is 2.03. The Hall–Kier alpha value is -1.90. The van der Waals surface area contributed by atoms with Crippen LogP contribution in [0.15, 0.2) is 36.4 Å². The van der Waals surface area contributed by atoms with Crippen LogP contribution in [0.2, 0.25) is 0 Å². The first-order valence-corrected chi connectivity index (χ1v) is 7.90. The van der Waals surface area contributed by atoms with E-state index < -0.39 is 5.41 Å². The number of Topliss-reactive ketones (excluding diaryl/α,β-unsaturated/α-hetero) is 1. The van der Waals surface area contributed by atoms with E-state index in [2.05, 4.69) is 25.7 Å². The van der Waals surface area contributed by atoms with Crippen molar-refractivity contribution in [2.45, 2.75) is 40.0 Å². The lowest BCUT2D eigenvalue weighted by atomic mass is 9.68. The van der Waals surface area contributed by atoms with Crippen molar-refractivity contribution in [1.82, 2.24) is 0 Å². The number of carbonyl (C=O) groups excluding carboxylic acids is 2. The summed E-state index contributed by atoms with van der Waals surface area (Å²) >= 11 is 0. The molecule has 2 saturated carbocycles. The molecule has 0 spiro atoms. The number of ketones is 1. The highest BCUT2D eigenvalue weighted by molar-refractivity contribution is 5.99. The fourth-order valence-electron chi connectivity index (χ4n) is 4.18. The Morgan fingerprint density at radius 2 is 1.86 bits per heavy atom. The van der Waals surface area contributed by atoms with E-state index in [0.717, 1.165) is 30.5 Å². The van der Waals surface area contributed by atoms with Crippen LogP contribution >= 0.6 is 0 Å². The molecule has 2 aliphatic rings. The van der Waals surface area contributed by atoms with Crippen LogP contribution in [0.5, 0.6) is 0 Å². The SMILES string of the molecule is C=C1C2(C(=O)Nc3ccc(C(C)=O)cc3)CCC(C2)C1(C)C. The van der Waals surface area contributed by atoms with Crippen LogP contribution in [0.3, 0.4) is 0 Å². The predicted octanol–water partition coefficient (Wildman–Crippen LogP) is 4.21. The third-order valence-electron chi connectivity index (χ3n) is 5.87. The number of anilines is 1. The second kappa shape index (κ2) is 4.80. The Bertz CT molecular complexity index is 657. The van der Waals surface area contributed by atoms with Gasteiger partial charge in [0.2, 0.25) is 5.91 Å². The van der Waals surface area contributed by atoms with Gasteiger partial charge in [-0.2, -0.15) is 0 Å². The van der Waals surface area contributed by atoms with Gasteiger partial charge in [-0.25, -0.2) is 0 Å². The van der Waals surface area contributed by atoms with Crippen LogP contribution in [-0.4, -0.2) is 11.7 Å². The maximum absolute atomic E-state index is 12.9. The molecule has 1 N–H and O–H groups in total. The summed E-state index contributed by atoms with van der Waals surface area (Å²) in [5.74, 6) is 0.646. The summed E-state index contributed by atoms with van der Waals surface area (Å²) in [6, 6.07) is 7.09. The molecule has 0 radical (unpaired) electrons. The molecule has 0 aromatic heterocycles. The monoisotopic (exact) mass is 297 g/mol. The van der Waals surface area contributed by atoms with Crippen molar-refractivity contribution >= 4 is 17.4 Å². The molecule has 22 heavy (non-hydrogen) atoms. The number of nitrogens with one attached hydrogen (secondary N) is 1. The Balaban J connectivity index is 1.80. The van der Waals surface area contributed by atoms with Crippen LogP contribution in [0.4, 0.5) is 5.69 Å². The van der Waals surface area contributed by atoms with E-state index in [4.69, 9.17) is 0 Å². The Kier molecular flexibility index (Phi) is 3.28. The summed E-state index contributed by atoms with van der Waals surface area (Å²) in [5, 5.41) is 3.03. The van der Waals surface area contributed by atoms with Gasteiger partial charge in [-0.15, -0.1) is 0 Å². The average Bonchev–Trinajstić information content (AvgIpc) is 3.00. The van der Waals surface area contributed by atoms with Gasteiger partial charge >= 0.3 is 0 Å². The quantitative estimate of drug-likeness (QED) is 0.671. The zero-order valence-corrected chi connectivity index (χ0v) is 13.5. The molecule has 2 aliphatic carbocycles. The molecule has 1 amide bonds. The van der Waals surface area contributed by atoms with E-state index in [0.29, 0.717) is 11.5 Å². The molecule has 1 aromatic rings. The molecular formula is C19H23NO2. The van der Waals surface area contributed by atoms with E-state index in [9.17, 15) is 9.59 Å². The Labute approximate surface area is 131 Å². The van der Waals surface area contributed by atoms with Crippen molar-refractivity contribution in [3.63, 3.8) is 0 Å². The van der Waals surface area contributed by atoms with Gasteiger partial charge in [-0.1, -0.05) is 26.0 Å². The van der Waals surface area contributed by atoms with Crippen LogP contribution in [0, 0.1) is 16.7 Å². The van der Waals surface area contributed by atoms with E-state index in [1.54, 1.807) is 24.3 Å². The van der Waals surface area contributed by atoms with Crippen molar-refractivity contribution in [3.05, 3.63) is 42.0 Å². The van der Waals surface area contributed by atoms with Gasteiger partial charge in [0.05, 0.1) is 5.41 Å². The number of rotatable bonds is 3. The van der Waals surface area contributed by atoms with Gasteiger partial charge in [-0.3, -0.25) is 9.59 Å². The minimum atomic E-state index is -0.409. The first kappa shape index (κ1) is 15.0. The number of fused-ring (bicyclic) bond motifs is 2. The van der Waals surface area contributed by atoms with Gasteiger partial charge in [0, 0.05) is 11.3 Å². The molecule has 3 rings (SSSR count). The molecule has 0 heterocycles. The van der Waals surface area contributed by atoms with Crippen molar-refractivity contribution in [1.29, 1.82) is 0 Å². The lowest BCUT2D eigenvalue weighted by Gasteiger charge is -2.37. The third-order valence-corrected chi connectivity index (χ3v) is 5.87. The number of benzene rings is 1. The maximum Gasteiger partial charge on any atom is 0.234 e. The van der Waals surface area contributed by atoms with Crippen molar-refractivity contribution < 1.29 is 9.59 Å². The summed E-state index contributed by atoms with van der Waals surface area (Å²) in [6.45, 7) is 10.2. The van der Waals surface area contributed by atoms with Crippen molar-refractivity contribution in [2.24, 2.45) is 16.7 Å². The van der Waals surface area contributed by atoms with Gasteiger partial charge in [0.1, 0.15) is 0 Å². The largest absolute Gasteiger partial charge is 0.325 e. The molecular weight excluding hydrogens is 274 g/mol. The number of carbonyl (C=O) groups is 2. The zero-order valence-electron chi connectivity index (χ0n) is 13.5. The van der Waals surface area contributed by atoms with E-state index in [-0.39, 0.29) is 17.1 Å². The second-order valence-corrected chi connectivity index (χ2v) is 7.31. The standard InChI is InChI=1S/C19H23NO2/c1-12(21)14-5-7-16(8-6-14)20-17(22)19-10-9-15(11-19)18(3,4)13(19)2/h5-8,15H,2,9-11H2,1,3-4H3,(H,20,22). The lowest BCUT2D eigenvalue weighted by molar-refractivity contribution is -0.123. The van der Waals surface area contributed by atoms with E-state index in [1.807, 2.05) is 0 Å².